The number of sulfonamides is 1. The third kappa shape index (κ3) is 7.13. The molecule has 1 aliphatic carbocycles. The standard InChI is InChI=1S/C38H50N4O4S2/c1-6-18-41(19-7-2)36(44)33-31-17-20-40(23-27-11-9-8-10-12-27)24-32(31)47-35(33)39-34(43)28-13-15-30(16-14-28)48(45,46)42-26-38(5)22-29(42)21-37(3,4)25-38/h8-16,29H,6-7,17-26H2,1-5H3,(H,39,43). The Morgan fingerprint density at radius 1 is 0.979 bits per heavy atom. The van der Waals surface area contributed by atoms with Crippen molar-refractivity contribution in [2.24, 2.45) is 10.8 Å². The quantitative estimate of drug-likeness (QED) is 0.226. The van der Waals surface area contributed by atoms with Crippen LogP contribution >= 0.6 is 11.3 Å². The first-order chi connectivity index (χ1) is 22.8. The number of hydrogen-bond acceptors (Lipinski definition) is 6. The molecule has 3 aromatic rings. The maximum absolute atomic E-state index is 14.1. The van der Waals surface area contributed by atoms with Crippen molar-refractivity contribution in [1.82, 2.24) is 14.1 Å². The number of hydrogen-bond donors (Lipinski definition) is 1. The summed E-state index contributed by atoms with van der Waals surface area (Å²) in [4.78, 5) is 33.4. The van der Waals surface area contributed by atoms with Crippen molar-refractivity contribution < 1.29 is 18.0 Å². The molecule has 0 radical (unpaired) electrons. The fourth-order valence-corrected chi connectivity index (χ4v) is 11.6. The lowest BCUT2D eigenvalue weighted by molar-refractivity contribution is 0.0755. The molecule has 1 saturated heterocycles. The van der Waals surface area contributed by atoms with Crippen LogP contribution in [0.2, 0.25) is 0 Å². The zero-order valence-electron chi connectivity index (χ0n) is 29.0. The second kappa shape index (κ2) is 13.7. The number of amides is 2. The van der Waals surface area contributed by atoms with Crippen LogP contribution in [-0.4, -0.2) is 66.6 Å². The van der Waals surface area contributed by atoms with Gasteiger partial charge in [0.1, 0.15) is 5.00 Å². The fraction of sp³-hybridized carbons (Fsp3) is 0.526. The van der Waals surface area contributed by atoms with E-state index in [1.54, 1.807) is 28.6 Å². The Hall–Kier alpha value is -3.05. The summed E-state index contributed by atoms with van der Waals surface area (Å²) < 4.78 is 29.4. The second-order valence-electron chi connectivity index (χ2n) is 15.2. The number of rotatable bonds is 11. The molecule has 2 atom stereocenters. The predicted molar refractivity (Wildman–Crippen MR) is 193 cm³/mol. The molecule has 258 valence electrons. The van der Waals surface area contributed by atoms with Gasteiger partial charge in [-0.25, -0.2) is 8.42 Å². The van der Waals surface area contributed by atoms with Crippen molar-refractivity contribution in [1.29, 1.82) is 0 Å². The van der Waals surface area contributed by atoms with Gasteiger partial charge in [0.15, 0.2) is 0 Å². The zero-order chi connectivity index (χ0) is 34.3. The fourth-order valence-electron chi connectivity index (χ4n) is 8.54. The van der Waals surface area contributed by atoms with Crippen molar-refractivity contribution in [3.05, 3.63) is 81.7 Å². The van der Waals surface area contributed by atoms with Crippen LogP contribution in [-0.2, 0) is 29.5 Å². The first-order valence-corrected chi connectivity index (χ1v) is 19.7. The Morgan fingerprint density at radius 2 is 1.67 bits per heavy atom. The lowest BCUT2D eigenvalue weighted by Crippen LogP contribution is -2.37. The van der Waals surface area contributed by atoms with Gasteiger partial charge in [0, 0.05) is 55.8 Å². The van der Waals surface area contributed by atoms with E-state index in [0.29, 0.717) is 42.3 Å². The van der Waals surface area contributed by atoms with E-state index in [4.69, 9.17) is 0 Å². The maximum atomic E-state index is 14.1. The number of nitrogens with one attached hydrogen (secondary N) is 1. The molecule has 2 bridgehead atoms. The van der Waals surface area contributed by atoms with Gasteiger partial charge in [0.2, 0.25) is 10.0 Å². The molecular formula is C38H50N4O4S2. The molecule has 6 rings (SSSR count). The van der Waals surface area contributed by atoms with Gasteiger partial charge in [0.25, 0.3) is 11.8 Å². The highest BCUT2D eigenvalue weighted by atomic mass is 32.2. The Labute approximate surface area is 290 Å². The number of nitrogens with zero attached hydrogens (tertiary/aromatic N) is 3. The summed E-state index contributed by atoms with van der Waals surface area (Å²) in [6, 6.07) is 16.7. The van der Waals surface area contributed by atoms with E-state index < -0.39 is 10.0 Å². The minimum absolute atomic E-state index is 0.00357. The van der Waals surface area contributed by atoms with Gasteiger partial charge in [0.05, 0.1) is 10.5 Å². The Balaban J connectivity index is 1.24. The van der Waals surface area contributed by atoms with E-state index in [0.717, 1.165) is 62.1 Å². The molecule has 1 N–H and O–H groups in total. The SMILES string of the molecule is CCCN(CCC)C(=O)c1c(NC(=O)c2ccc(S(=O)(=O)N3CC4(C)CC3CC(C)(C)C4)cc2)sc2c1CCN(Cc1ccccc1)C2. The summed E-state index contributed by atoms with van der Waals surface area (Å²) in [6.07, 6.45) is 5.20. The van der Waals surface area contributed by atoms with E-state index >= 15 is 0 Å². The highest BCUT2D eigenvalue weighted by molar-refractivity contribution is 7.89. The Morgan fingerprint density at radius 3 is 2.33 bits per heavy atom. The van der Waals surface area contributed by atoms with E-state index in [1.165, 1.54) is 16.9 Å². The van der Waals surface area contributed by atoms with E-state index in [-0.39, 0.29) is 33.6 Å². The molecule has 3 aliphatic rings. The molecule has 2 amide bonds. The van der Waals surface area contributed by atoms with Crippen LogP contribution in [0.3, 0.4) is 0 Å². The molecular weight excluding hydrogens is 641 g/mol. The van der Waals surface area contributed by atoms with E-state index in [1.807, 2.05) is 11.0 Å². The van der Waals surface area contributed by atoms with E-state index in [9.17, 15) is 18.0 Å². The highest BCUT2D eigenvalue weighted by Crippen LogP contribution is 2.53. The Kier molecular flexibility index (Phi) is 9.93. The van der Waals surface area contributed by atoms with Gasteiger partial charge >= 0.3 is 0 Å². The summed E-state index contributed by atoms with van der Waals surface area (Å²) in [6.45, 7) is 15.0. The van der Waals surface area contributed by atoms with Gasteiger partial charge in [-0.05, 0) is 84.7 Å². The molecule has 2 aliphatic heterocycles. The van der Waals surface area contributed by atoms with Gasteiger partial charge < -0.3 is 10.2 Å². The van der Waals surface area contributed by atoms with Crippen LogP contribution in [0, 0.1) is 10.8 Å². The third-order valence-corrected chi connectivity index (χ3v) is 13.2. The zero-order valence-corrected chi connectivity index (χ0v) is 30.7. The highest BCUT2D eigenvalue weighted by Gasteiger charge is 2.53. The van der Waals surface area contributed by atoms with E-state index in [2.05, 4.69) is 69.1 Å². The summed E-state index contributed by atoms with van der Waals surface area (Å²) in [7, 11) is -3.70. The van der Waals surface area contributed by atoms with Crippen LogP contribution in [0.5, 0.6) is 0 Å². The normalized spacial score (nSPS) is 22.3. The molecule has 0 spiro atoms. The number of fused-ring (bicyclic) bond motifs is 3. The number of thiophene rings is 1. The summed E-state index contributed by atoms with van der Waals surface area (Å²) in [5.74, 6) is -0.381. The molecule has 48 heavy (non-hydrogen) atoms. The molecule has 10 heteroatoms. The molecule has 2 aromatic carbocycles. The monoisotopic (exact) mass is 690 g/mol. The molecule has 1 aromatic heterocycles. The van der Waals surface area contributed by atoms with Crippen LogP contribution in [0.1, 0.15) is 103 Å². The van der Waals surface area contributed by atoms with Crippen LogP contribution in [0.4, 0.5) is 5.00 Å². The first kappa shape index (κ1) is 34.8. The lowest BCUT2D eigenvalue weighted by atomic mass is 9.65. The van der Waals surface area contributed by atoms with Gasteiger partial charge in [-0.15, -0.1) is 11.3 Å². The molecule has 2 unspecified atom stereocenters. The largest absolute Gasteiger partial charge is 0.339 e. The van der Waals surface area contributed by atoms with Crippen molar-refractivity contribution in [2.75, 3.05) is 31.5 Å². The maximum Gasteiger partial charge on any atom is 0.257 e. The average Bonchev–Trinajstić information content (AvgIpc) is 3.53. The predicted octanol–water partition coefficient (Wildman–Crippen LogP) is 7.41. The number of carbonyl (C=O) groups is 2. The summed E-state index contributed by atoms with van der Waals surface area (Å²) >= 11 is 1.49. The third-order valence-electron chi connectivity index (χ3n) is 10.2. The minimum atomic E-state index is -3.70. The lowest BCUT2D eigenvalue weighted by Gasteiger charge is -2.39. The molecule has 8 nitrogen and oxygen atoms in total. The first-order valence-electron chi connectivity index (χ1n) is 17.5. The van der Waals surface area contributed by atoms with Crippen LogP contribution in [0.25, 0.3) is 0 Å². The number of carbonyl (C=O) groups excluding carboxylic acids is 2. The van der Waals surface area contributed by atoms with Gasteiger partial charge in [-0.3, -0.25) is 14.5 Å². The number of benzene rings is 2. The van der Waals surface area contributed by atoms with Crippen molar-refractivity contribution in [3.63, 3.8) is 0 Å². The smallest absolute Gasteiger partial charge is 0.257 e. The number of anilines is 1. The minimum Gasteiger partial charge on any atom is -0.339 e. The van der Waals surface area contributed by atoms with Gasteiger partial charge in [-0.2, -0.15) is 4.31 Å². The second-order valence-corrected chi connectivity index (χ2v) is 18.2. The van der Waals surface area contributed by atoms with Crippen molar-refractivity contribution in [3.8, 4) is 0 Å². The van der Waals surface area contributed by atoms with Crippen LogP contribution < -0.4 is 5.32 Å². The molecule has 1 saturated carbocycles. The molecule has 2 fully saturated rings. The van der Waals surface area contributed by atoms with Crippen molar-refractivity contribution >= 4 is 38.2 Å². The van der Waals surface area contributed by atoms with Gasteiger partial charge in [-0.1, -0.05) is 65.0 Å². The topological polar surface area (TPSA) is 90.0 Å². The molecule has 3 heterocycles. The summed E-state index contributed by atoms with van der Waals surface area (Å²) in [5, 5.41) is 3.65. The Bertz CT molecular complexity index is 1750. The van der Waals surface area contributed by atoms with Crippen LogP contribution in [0.15, 0.2) is 59.5 Å². The van der Waals surface area contributed by atoms with Crippen molar-refractivity contribution in [2.45, 2.75) is 97.2 Å². The summed E-state index contributed by atoms with van der Waals surface area (Å²) in [5.41, 5.74) is 3.34. The average molecular weight is 691 g/mol.